The number of fused-ring (bicyclic) bond motifs is 1. The van der Waals surface area contributed by atoms with Gasteiger partial charge in [-0.2, -0.15) is 0 Å². The molecule has 0 unspecified atom stereocenters. The highest BCUT2D eigenvalue weighted by Gasteiger charge is 2.10. The van der Waals surface area contributed by atoms with E-state index in [1.807, 2.05) is 67.0 Å². The van der Waals surface area contributed by atoms with Crippen LogP contribution in [0, 0.1) is 0 Å². The van der Waals surface area contributed by atoms with Crippen molar-refractivity contribution in [2.45, 2.75) is 19.9 Å². The predicted octanol–water partition coefficient (Wildman–Crippen LogP) is 3.14. The van der Waals surface area contributed by atoms with Gasteiger partial charge in [-0.3, -0.25) is 4.79 Å². The fourth-order valence-corrected chi connectivity index (χ4v) is 2.22. The molecule has 0 aliphatic carbocycles. The van der Waals surface area contributed by atoms with E-state index in [4.69, 9.17) is 0 Å². The van der Waals surface area contributed by atoms with Crippen molar-refractivity contribution in [2.75, 3.05) is 0 Å². The molecule has 1 amide bonds. The minimum absolute atomic E-state index is 0.0724. The van der Waals surface area contributed by atoms with Crippen LogP contribution in [0.25, 0.3) is 16.9 Å². The zero-order chi connectivity index (χ0) is 14.8. The number of rotatable bonds is 3. The number of hydrogen-bond donors (Lipinski definition) is 1. The molecular formula is C17H17N3O. The number of pyridine rings is 1. The molecule has 0 atom stereocenters. The number of aromatic nitrogens is 2. The Hall–Kier alpha value is -2.62. The highest BCUT2D eigenvalue weighted by molar-refractivity contribution is 5.95. The number of carbonyl (C=O) groups is 1. The first-order valence-electron chi connectivity index (χ1n) is 6.98. The fraction of sp³-hybridized carbons (Fsp3) is 0.176. The number of carbonyl (C=O) groups excluding carboxylic acids is 1. The second-order valence-electron chi connectivity index (χ2n) is 5.30. The summed E-state index contributed by atoms with van der Waals surface area (Å²) in [4.78, 5) is 16.6. The molecule has 0 bridgehead atoms. The molecule has 106 valence electrons. The van der Waals surface area contributed by atoms with Crippen LogP contribution in [0.1, 0.15) is 24.2 Å². The van der Waals surface area contributed by atoms with Crippen LogP contribution < -0.4 is 5.32 Å². The lowest BCUT2D eigenvalue weighted by Gasteiger charge is -2.08. The van der Waals surface area contributed by atoms with Gasteiger partial charge in [-0.15, -0.1) is 0 Å². The molecule has 0 aliphatic rings. The quantitative estimate of drug-likeness (QED) is 0.800. The second kappa shape index (κ2) is 5.40. The Kier molecular flexibility index (Phi) is 3.44. The summed E-state index contributed by atoms with van der Waals surface area (Å²) in [6, 6.07) is 13.7. The number of benzene rings is 1. The number of amides is 1. The first kappa shape index (κ1) is 13.4. The Labute approximate surface area is 123 Å². The van der Waals surface area contributed by atoms with Gasteiger partial charge in [-0.25, -0.2) is 4.98 Å². The van der Waals surface area contributed by atoms with Gasteiger partial charge >= 0.3 is 0 Å². The van der Waals surface area contributed by atoms with Crippen molar-refractivity contribution in [1.82, 2.24) is 14.7 Å². The van der Waals surface area contributed by atoms with E-state index in [0.717, 1.165) is 16.9 Å². The molecule has 0 radical (unpaired) electrons. The summed E-state index contributed by atoms with van der Waals surface area (Å²) in [5.41, 5.74) is 3.36. The van der Waals surface area contributed by atoms with E-state index in [1.54, 1.807) is 6.07 Å². The second-order valence-corrected chi connectivity index (χ2v) is 5.30. The largest absolute Gasteiger partial charge is 0.350 e. The molecule has 21 heavy (non-hydrogen) atoms. The predicted molar refractivity (Wildman–Crippen MR) is 83.2 cm³/mol. The van der Waals surface area contributed by atoms with E-state index in [1.165, 1.54) is 0 Å². The van der Waals surface area contributed by atoms with Crippen LogP contribution in [0.15, 0.2) is 54.9 Å². The summed E-state index contributed by atoms with van der Waals surface area (Å²) in [6.45, 7) is 3.89. The molecule has 4 heteroatoms. The van der Waals surface area contributed by atoms with Gasteiger partial charge in [0.25, 0.3) is 5.91 Å². The summed E-state index contributed by atoms with van der Waals surface area (Å²) in [5, 5.41) is 2.89. The molecule has 0 saturated carbocycles. The lowest BCUT2D eigenvalue weighted by Crippen LogP contribution is -2.30. The average molecular weight is 279 g/mol. The molecule has 3 rings (SSSR count). The van der Waals surface area contributed by atoms with Crippen LogP contribution in [0.3, 0.4) is 0 Å². The first-order chi connectivity index (χ1) is 10.1. The highest BCUT2D eigenvalue weighted by atomic mass is 16.1. The van der Waals surface area contributed by atoms with Crippen LogP contribution in [0.4, 0.5) is 0 Å². The number of nitrogens with one attached hydrogen (secondary N) is 1. The first-order valence-corrected chi connectivity index (χ1v) is 6.98. The molecule has 2 aromatic heterocycles. The fourth-order valence-electron chi connectivity index (χ4n) is 2.22. The van der Waals surface area contributed by atoms with Crippen molar-refractivity contribution in [2.24, 2.45) is 0 Å². The zero-order valence-corrected chi connectivity index (χ0v) is 12.1. The van der Waals surface area contributed by atoms with Gasteiger partial charge in [-0.1, -0.05) is 30.3 Å². The molecule has 0 fully saturated rings. The SMILES string of the molecule is CC(C)NC(=O)c1ccn2cc(-c3ccccc3)nc2c1. The maximum Gasteiger partial charge on any atom is 0.251 e. The van der Waals surface area contributed by atoms with Gasteiger partial charge in [0.05, 0.1) is 5.69 Å². The highest BCUT2D eigenvalue weighted by Crippen LogP contribution is 2.19. The van der Waals surface area contributed by atoms with Crippen LogP contribution in [0.5, 0.6) is 0 Å². The van der Waals surface area contributed by atoms with Crippen molar-refractivity contribution in [3.8, 4) is 11.3 Å². The summed E-state index contributed by atoms with van der Waals surface area (Å²) < 4.78 is 1.93. The van der Waals surface area contributed by atoms with Gasteiger partial charge in [0.1, 0.15) is 5.65 Å². The van der Waals surface area contributed by atoms with E-state index in [2.05, 4.69) is 10.3 Å². The topological polar surface area (TPSA) is 46.4 Å². The lowest BCUT2D eigenvalue weighted by molar-refractivity contribution is 0.0943. The van der Waals surface area contributed by atoms with Gasteiger partial charge in [0, 0.05) is 29.6 Å². The summed E-state index contributed by atoms with van der Waals surface area (Å²) in [6.07, 6.45) is 3.83. The van der Waals surface area contributed by atoms with Crippen molar-refractivity contribution in [3.05, 3.63) is 60.4 Å². The van der Waals surface area contributed by atoms with Crippen LogP contribution in [-0.2, 0) is 0 Å². The third-order valence-corrected chi connectivity index (χ3v) is 3.21. The molecule has 3 aromatic rings. The van der Waals surface area contributed by atoms with Crippen molar-refractivity contribution in [3.63, 3.8) is 0 Å². The molecule has 0 spiro atoms. The lowest BCUT2D eigenvalue weighted by atomic mass is 10.2. The van der Waals surface area contributed by atoms with Gasteiger partial charge in [0.2, 0.25) is 0 Å². The Balaban J connectivity index is 1.97. The van der Waals surface area contributed by atoms with Gasteiger partial charge < -0.3 is 9.72 Å². The molecule has 1 N–H and O–H groups in total. The standard InChI is InChI=1S/C17H17N3O/c1-12(2)18-17(21)14-8-9-20-11-15(19-16(20)10-14)13-6-4-3-5-7-13/h3-12H,1-2H3,(H,18,21). The van der Waals surface area contributed by atoms with Crippen LogP contribution >= 0.6 is 0 Å². The Morgan fingerprint density at radius 2 is 1.95 bits per heavy atom. The van der Waals surface area contributed by atoms with Crippen LogP contribution in [-0.4, -0.2) is 21.3 Å². The van der Waals surface area contributed by atoms with E-state index >= 15 is 0 Å². The monoisotopic (exact) mass is 279 g/mol. The van der Waals surface area contributed by atoms with E-state index in [0.29, 0.717) is 5.56 Å². The molecular weight excluding hydrogens is 262 g/mol. The third-order valence-electron chi connectivity index (χ3n) is 3.21. The molecule has 1 aromatic carbocycles. The smallest absolute Gasteiger partial charge is 0.251 e. The minimum atomic E-state index is -0.0724. The Morgan fingerprint density at radius 3 is 2.67 bits per heavy atom. The van der Waals surface area contributed by atoms with E-state index < -0.39 is 0 Å². The summed E-state index contributed by atoms with van der Waals surface area (Å²) >= 11 is 0. The van der Waals surface area contributed by atoms with E-state index in [9.17, 15) is 4.79 Å². The third kappa shape index (κ3) is 2.79. The molecule has 0 aliphatic heterocycles. The van der Waals surface area contributed by atoms with Crippen molar-refractivity contribution < 1.29 is 4.79 Å². The number of nitrogens with zero attached hydrogens (tertiary/aromatic N) is 2. The summed E-state index contributed by atoms with van der Waals surface area (Å²) in [7, 11) is 0. The average Bonchev–Trinajstić information content (AvgIpc) is 2.90. The number of imidazole rings is 1. The normalized spacial score (nSPS) is 11.0. The molecule has 2 heterocycles. The number of hydrogen-bond acceptors (Lipinski definition) is 2. The van der Waals surface area contributed by atoms with E-state index in [-0.39, 0.29) is 11.9 Å². The van der Waals surface area contributed by atoms with Gasteiger partial charge in [-0.05, 0) is 26.0 Å². The van der Waals surface area contributed by atoms with Gasteiger partial charge in [0.15, 0.2) is 0 Å². The summed E-state index contributed by atoms with van der Waals surface area (Å²) in [5.74, 6) is -0.0724. The maximum atomic E-state index is 12.0. The van der Waals surface area contributed by atoms with Crippen molar-refractivity contribution in [1.29, 1.82) is 0 Å². The van der Waals surface area contributed by atoms with Crippen molar-refractivity contribution >= 4 is 11.6 Å². The maximum absolute atomic E-state index is 12.0. The minimum Gasteiger partial charge on any atom is -0.350 e. The van der Waals surface area contributed by atoms with Crippen LogP contribution in [0.2, 0.25) is 0 Å². The Bertz CT molecular complexity index is 775. The zero-order valence-electron chi connectivity index (χ0n) is 12.1. The Morgan fingerprint density at radius 1 is 1.19 bits per heavy atom. The molecule has 0 saturated heterocycles. The molecule has 4 nitrogen and oxygen atoms in total.